The number of anilines is 1. The van der Waals surface area contributed by atoms with Crippen molar-refractivity contribution in [2.75, 3.05) is 18.0 Å². The monoisotopic (exact) mass is 355 g/mol. The number of H-pyrrole nitrogens is 1. The Morgan fingerprint density at radius 1 is 1.24 bits per heavy atom. The van der Waals surface area contributed by atoms with Crippen LogP contribution in [0.25, 0.3) is 10.9 Å². The minimum absolute atomic E-state index is 0.0348. The highest BCUT2D eigenvalue weighted by atomic mass is 35.5. The molecule has 6 nitrogen and oxygen atoms in total. The second-order valence-electron chi connectivity index (χ2n) is 6.17. The van der Waals surface area contributed by atoms with E-state index in [9.17, 15) is 4.79 Å². The number of amides is 1. The van der Waals surface area contributed by atoms with Crippen molar-refractivity contribution in [3.05, 3.63) is 53.4 Å². The van der Waals surface area contributed by atoms with Crippen LogP contribution in [-0.4, -0.2) is 40.0 Å². The molecular formula is C18H18ClN5O. The molecular weight excluding hydrogens is 338 g/mol. The normalized spacial score (nSPS) is 17.6. The van der Waals surface area contributed by atoms with Gasteiger partial charge in [-0.3, -0.25) is 4.79 Å². The third kappa shape index (κ3) is 3.17. The number of carbonyl (C=O) groups excluding carboxylic acids is 1. The predicted octanol–water partition coefficient (Wildman–Crippen LogP) is 3.01. The van der Waals surface area contributed by atoms with Gasteiger partial charge in [-0.15, -0.1) is 0 Å². The third-order valence-corrected chi connectivity index (χ3v) is 4.85. The Bertz CT molecular complexity index is 895. The van der Waals surface area contributed by atoms with E-state index in [0.717, 1.165) is 30.3 Å². The number of benzene rings is 1. The zero-order chi connectivity index (χ0) is 17.2. The Balaban J connectivity index is 1.49. The van der Waals surface area contributed by atoms with Crippen molar-refractivity contribution in [2.45, 2.75) is 18.9 Å². The van der Waals surface area contributed by atoms with Gasteiger partial charge in [-0.25, -0.2) is 9.97 Å². The molecule has 2 N–H and O–H groups in total. The maximum absolute atomic E-state index is 12.7. The summed E-state index contributed by atoms with van der Waals surface area (Å²) in [7, 11) is 0. The molecule has 1 fully saturated rings. The first-order valence-corrected chi connectivity index (χ1v) is 8.69. The van der Waals surface area contributed by atoms with Gasteiger partial charge in [0.15, 0.2) is 0 Å². The first-order valence-electron chi connectivity index (χ1n) is 8.31. The number of piperidine rings is 1. The Labute approximate surface area is 150 Å². The quantitative estimate of drug-likeness (QED) is 0.757. The summed E-state index contributed by atoms with van der Waals surface area (Å²) in [4.78, 5) is 26.5. The fraction of sp³-hybridized carbons (Fsp3) is 0.278. The molecule has 1 aliphatic rings. The SMILES string of the molecule is O=C(NC1CCCN(c2ncccn2)C1)c1[nH]c2ccccc2c1Cl. The van der Waals surface area contributed by atoms with Crippen LogP contribution < -0.4 is 10.2 Å². The number of carbonyl (C=O) groups is 1. The summed E-state index contributed by atoms with van der Waals surface area (Å²) in [6.45, 7) is 1.58. The van der Waals surface area contributed by atoms with Crippen LogP contribution in [0.15, 0.2) is 42.7 Å². The molecule has 2 aromatic heterocycles. The summed E-state index contributed by atoms with van der Waals surface area (Å²) in [6.07, 6.45) is 5.36. The molecule has 0 spiro atoms. The number of halogens is 1. The Kier molecular flexibility index (Phi) is 4.28. The van der Waals surface area contributed by atoms with Crippen LogP contribution in [0, 0.1) is 0 Å². The number of fused-ring (bicyclic) bond motifs is 1. The van der Waals surface area contributed by atoms with Crippen molar-refractivity contribution >= 4 is 34.4 Å². The molecule has 0 radical (unpaired) electrons. The smallest absolute Gasteiger partial charge is 0.269 e. The van der Waals surface area contributed by atoms with Crippen molar-refractivity contribution in [1.29, 1.82) is 0 Å². The number of aromatic amines is 1. The van der Waals surface area contributed by atoms with Gasteiger partial charge in [-0.1, -0.05) is 29.8 Å². The van der Waals surface area contributed by atoms with Crippen LogP contribution in [-0.2, 0) is 0 Å². The average molecular weight is 356 g/mol. The summed E-state index contributed by atoms with van der Waals surface area (Å²) in [6, 6.07) is 9.46. The van der Waals surface area contributed by atoms with Gasteiger partial charge in [-0.05, 0) is 25.0 Å². The second-order valence-corrected chi connectivity index (χ2v) is 6.54. The number of hydrogen-bond acceptors (Lipinski definition) is 4. The number of rotatable bonds is 3. The first-order chi connectivity index (χ1) is 12.2. The lowest BCUT2D eigenvalue weighted by Gasteiger charge is -2.33. The van der Waals surface area contributed by atoms with Crippen LogP contribution in [0.3, 0.4) is 0 Å². The zero-order valence-corrected chi connectivity index (χ0v) is 14.3. The minimum Gasteiger partial charge on any atom is -0.349 e. The average Bonchev–Trinajstić information content (AvgIpc) is 3.00. The molecule has 0 aliphatic carbocycles. The van der Waals surface area contributed by atoms with E-state index < -0.39 is 0 Å². The van der Waals surface area contributed by atoms with Crippen molar-refractivity contribution in [1.82, 2.24) is 20.3 Å². The highest BCUT2D eigenvalue weighted by Crippen LogP contribution is 2.27. The fourth-order valence-electron chi connectivity index (χ4n) is 3.25. The lowest BCUT2D eigenvalue weighted by Crippen LogP contribution is -2.48. The van der Waals surface area contributed by atoms with Gasteiger partial charge in [0.2, 0.25) is 5.95 Å². The standard InChI is InChI=1S/C18H18ClN5O/c19-15-13-6-1-2-7-14(13)23-16(15)17(25)22-12-5-3-10-24(11-12)18-20-8-4-9-21-18/h1-2,4,6-9,12,23H,3,5,10-11H2,(H,22,25). The van der Waals surface area contributed by atoms with Crippen LogP contribution in [0.1, 0.15) is 23.3 Å². The van der Waals surface area contributed by atoms with E-state index in [1.807, 2.05) is 24.3 Å². The summed E-state index contributed by atoms with van der Waals surface area (Å²) in [5, 5.41) is 4.41. The van der Waals surface area contributed by atoms with E-state index in [4.69, 9.17) is 11.6 Å². The van der Waals surface area contributed by atoms with Crippen LogP contribution in [0.5, 0.6) is 0 Å². The topological polar surface area (TPSA) is 73.9 Å². The molecule has 4 rings (SSSR count). The third-order valence-electron chi connectivity index (χ3n) is 4.46. The van der Waals surface area contributed by atoms with E-state index in [1.165, 1.54) is 0 Å². The largest absolute Gasteiger partial charge is 0.349 e. The summed E-state index contributed by atoms with van der Waals surface area (Å²) in [5.74, 6) is 0.520. The molecule has 1 aliphatic heterocycles. The second kappa shape index (κ2) is 6.72. The van der Waals surface area contributed by atoms with Gasteiger partial charge in [-0.2, -0.15) is 0 Å². The molecule has 1 amide bonds. The van der Waals surface area contributed by atoms with E-state index in [2.05, 4.69) is 25.2 Å². The van der Waals surface area contributed by atoms with Crippen LogP contribution >= 0.6 is 11.6 Å². The Hall–Kier alpha value is -2.60. The minimum atomic E-state index is -0.179. The number of nitrogens with one attached hydrogen (secondary N) is 2. The number of nitrogens with zero attached hydrogens (tertiary/aromatic N) is 3. The fourth-order valence-corrected chi connectivity index (χ4v) is 3.55. The van der Waals surface area contributed by atoms with Gasteiger partial charge in [0.05, 0.1) is 5.02 Å². The maximum atomic E-state index is 12.7. The summed E-state index contributed by atoms with van der Waals surface area (Å²) >= 11 is 6.37. The lowest BCUT2D eigenvalue weighted by atomic mass is 10.1. The summed E-state index contributed by atoms with van der Waals surface area (Å²) < 4.78 is 0. The first kappa shape index (κ1) is 15.9. The van der Waals surface area contributed by atoms with Gasteiger partial charge in [0, 0.05) is 42.4 Å². The van der Waals surface area contributed by atoms with Gasteiger partial charge in [0.25, 0.3) is 5.91 Å². The maximum Gasteiger partial charge on any atom is 0.269 e. The number of aromatic nitrogens is 3. The molecule has 1 aromatic carbocycles. The molecule has 1 atom stereocenters. The molecule has 7 heteroatoms. The van der Waals surface area contributed by atoms with E-state index in [0.29, 0.717) is 23.2 Å². The molecule has 0 saturated carbocycles. The number of para-hydroxylation sites is 1. The van der Waals surface area contributed by atoms with Crippen LogP contribution in [0.4, 0.5) is 5.95 Å². The molecule has 25 heavy (non-hydrogen) atoms. The molecule has 1 saturated heterocycles. The molecule has 0 bridgehead atoms. The van der Waals surface area contributed by atoms with E-state index in [-0.39, 0.29) is 11.9 Å². The predicted molar refractivity (Wildman–Crippen MR) is 98.0 cm³/mol. The van der Waals surface area contributed by atoms with Crippen LogP contribution in [0.2, 0.25) is 5.02 Å². The highest BCUT2D eigenvalue weighted by Gasteiger charge is 2.25. The molecule has 3 heterocycles. The van der Waals surface area contributed by atoms with Gasteiger partial charge < -0.3 is 15.2 Å². The Morgan fingerprint density at radius 2 is 2.04 bits per heavy atom. The van der Waals surface area contributed by atoms with E-state index in [1.54, 1.807) is 18.5 Å². The van der Waals surface area contributed by atoms with E-state index >= 15 is 0 Å². The van der Waals surface area contributed by atoms with Crippen molar-refractivity contribution in [3.63, 3.8) is 0 Å². The van der Waals surface area contributed by atoms with Crippen molar-refractivity contribution in [2.24, 2.45) is 0 Å². The molecule has 1 unspecified atom stereocenters. The highest BCUT2D eigenvalue weighted by molar-refractivity contribution is 6.38. The Morgan fingerprint density at radius 3 is 2.84 bits per heavy atom. The summed E-state index contributed by atoms with van der Waals surface area (Å²) in [5.41, 5.74) is 1.27. The lowest BCUT2D eigenvalue weighted by molar-refractivity contribution is 0.0929. The van der Waals surface area contributed by atoms with Crippen molar-refractivity contribution < 1.29 is 4.79 Å². The number of hydrogen-bond donors (Lipinski definition) is 2. The molecule has 3 aromatic rings. The molecule has 128 valence electrons. The zero-order valence-electron chi connectivity index (χ0n) is 13.6. The van der Waals surface area contributed by atoms with Gasteiger partial charge >= 0.3 is 0 Å². The van der Waals surface area contributed by atoms with Crippen molar-refractivity contribution in [3.8, 4) is 0 Å². The van der Waals surface area contributed by atoms with Gasteiger partial charge in [0.1, 0.15) is 5.69 Å².